The Labute approximate surface area is 159 Å². The van der Waals surface area contributed by atoms with Crippen molar-refractivity contribution in [3.63, 3.8) is 0 Å². The first-order chi connectivity index (χ1) is 12.6. The largest absolute Gasteiger partial charge is 0.452 e. The standard InChI is InChI=1S/C20H23NO5S/c1-14-10-11-17(27(4,24)25)12-18(14)20(23)26-13-19(22)21(3)15(2)16-8-6-5-7-9-16/h5-12,15H,13H2,1-4H3/t15-/m1/s1. The van der Waals surface area contributed by atoms with Gasteiger partial charge in [-0.15, -0.1) is 0 Å². The third-order valence-electron chi connectivity index (χ3n) is 4.44. The first-order valence-corrected chi connectivity index (χ1v) is 10.3. The number of benzene rings is 2. The van der Waals surface area contributed by atoms with Crippen molar-refractivity contribution in [2.24, 2.45) is 0 Å². The highest BCUT2D eigenvalue weighted by Crippen LogP contribution is 2.19. The van der Waals surface area contributed by atoms with Crippen molar-refractivity contribution in [1.29, 1.82) is 0 Å². The smallest absolute Gasteiger partial charge is 0.338 e. The minimum atomic E-state index is -3.45. The Balaban J connectivity index is 2.06. The number of esters is 1. The van der Waals surface area contributed by atoms with Crippen LogP contribution in [0.1, 0.15) is 34.5 Å². The molecule has 144 valence electrons. The van der Waals surface area contributed by atoms with Crippen molar-refractivity contribution in [3.05, 3.63) is 65.2 Å². The van der Waals surface area contributed by atoms with E-state index < -0.39 is 22.4 Å². The molecular formula is C20H23NO5S. The summed E-state index contributed by atoms with van der Waals surface area (Å²) in [6, 6.07) is 13.6. The van der Waals surface area contributed by atoms with Crippen molar-refractivity contribution < 1.29 is 22.7 Å². The quantitative estimate of drug-likeness (QED) is 0.710. The van der Waals surface area contributed by atoms with Crippen molar-refractivity contribution in [2.75, 3.05) is 19.9 Å². The average molecular weight is 389 g/mol. The van der Waals surface area contributed by atoms with Crippen LogP contribution < -0.4 is 0 Å². The summed E-state index contributed by atoms with van der Waals surface area (Å²) in [7, 11) is -1.80. The van der Waals surface area contributed by atoms with Gasteiger partial charge in [0.25, 0.3) is 5.91 Å². The maximum atomic E-state index is 12.4. The van der Waals surface area contributed by atoms with Crippen LogP contribution in [0.3, 0.4) is 0 Å². The molecule has 27 heavy (non-hydrogen) atoms. The van der Waals surface area contributed by atoms with E-state index in [1.54, 1.807) is 20.0 Å². The molecule has 2 aromatic rings. The number of ether oxygens (including phenoxy) is 1. The molecular weight excluding hydrogens is 366 g/mol. The highest BCUT2D eigenvalue weighted by Gasteiger charge is 2.20. The number of rotatable bonds is 6. The fourth-order valence-corrected chi connectivity index (χ4v) is 3.18. The van der Waals surface area contributed by atoms with Crippen molar-refractivity contribution in [3.8, 4) is 0 Å². The van der Waals surface area contributed by atoms with Crippen molar-refractivity contribution in [1.82, 2.24) is 4.90 Å². The van der Waals surface area contributed by atoms with Gasteiger partial charge >= 0.3 is 5.97 Å². The third-order valence-corrected chi connectivity index (χ3v) is 5.55. The zero-order chi connectivity index (χ0) is 20.2. The van der Waals surface area contributed by atoms with E-state index in [0.29, 0.717) is 5.56 Å². The molecule has 0 unspecified atom stereocenters. The summed E-state index contributed by atoms with van der Waals surface area (Å²) < 4.78 is 28.5. The zero-order valence-corrected chi connectivity index (χ0v) is 16.6. The number of carbonyl (C=O) groups is 2. The molecule has 2 aromatic carbocycles. The van der Waals surface area contributed by atoms with Gasteiger partial charge in [-0.05, 0) is 37.1 Å². The van der Waals surface area contributed by atoms with Gasteiger partial charge < -0.3 is 9.64 Å². The number of nitrogens with zero attached hydrogens (tertiary/aromatic N) is 1. The highest BCUT2D eigenvalue weighted by molar-refractivity contribution is 7.90. The molecule has 0 saturated carbocycles. The van der Waals surface area contributed by atoms with Crippen LogP contribution in [0.5, 0.6) is 0 Å². The second kappa shape index (κ2) is 8.35. The molecule has 0 aliphatic heterocycles. The lowest BCUT2D eigenvalue weighted by Crippen LogP contribution is -2.33. The Kier molecular flexibility index (Phi) is 6.38. The number of carbonyl (C=O) groups excluding carboxylic acids is 2. The molecule has 0 bridgehead atoms. The van der Waals surface area contributed by atoms with Crippen LogP contribution >= 0.6 is 0 Å². The molecule has 0 aliphatic carbocycles. The predicted molar refractivity (Wildman–Crippen MR) is 102 cm³/mol. The molecule has 0 aromatic heterocycles. The van der Waals surface area contributed by atoms with E-state index in [2.05, 4.69) is 0 Å². The molecule has 6 nitrogen and oxygen atoms in total. The summed E-state index contributed by atoms with van der Waals surface area (Å²) in [5.41, 5.74) is 1.67. The van der Waals surface area contributed by atoms with E-state index in [9.17, 15) is 18.0 Å². The van der Waals surface area contributed by atoms with Crippen LogP contribution in [0.25, 0.3) is 0 Å². The SMILES string of the molecule is Cc1ccc(S(C)(=O)=O)cc1C(=O)OCC(=O)N(C)[C@H](C)c1ccccc1. The summed E-state index contributed by atoms with van der Waals surface area (Å²) in [6.07, 6.45) is 1.07. The highest BCUT2D eigenvalue weighted by atomic mass is 32.2. The summed E-state index contributed by atoms with van der Waals surface area (Å²) >= 11 is 0. The van der Waals surface area contributed by atoms with Crippen LogP contribution in [0.4, 0.5) is 0 Å². The zero-order valence-electron chi connectivity index (χ0n) is 15.8. The van der Waals surface area contributed by atoms with Crippen molar-refractivity contribution >= 4 is 21.7 Å². The van der Waals surface area contributed by atoms with E-state index in [-0.39, 0.29) is 22.4 Å². The summed E-state index contributed by atoms with van der Waals surface area (Å²) in [5, 5.41) is 0. The van der Waals surface area contributed by atoms with Gasteiger partial charge in [0.15, 0.2) is 16.4 Å². The molecule has 0 saturated heterocycles. The second-order valence-electron chi connectivity index (χ2n) is 6.42. The summed E-state index contributed by atoms with van der Waals surface area (Å²) in [5.74, 6) is -1.08. The topological polar surface area (TPSA) is 80.7 Å². The number of hydrogen-bond acceptors (Lipinski definition) is 5. The maximum Gasteiger partial charge on any atom is 0.338 e. The molecule has 1 atom stereocenters. The Morgan fingerprint density at radius 2 is 1.74 bits per heavy atom. The molecule has 0 aliphatic rings. The van der Waals surface area contributed by atoms with Gasteiger partial charge in [-0.2, -0.15) is 0 Å². The Bertz CT molecular complexity index is 938. The molecule has 1 amide bonds. The van der Waals surface area contributed by atoms with Gasteiger partial charge in [0.05, 0.1) is 16.5 Å². The lowest BCUT2D eigenvalue weighted by Gasteiger charge is -2.25. The molecule has 7 heteroatoms. The van der Waals surface area contributed by atoms with Gasteiger partial charge in [-0.3, -0.25) is 4.79 Å². The van der Waals surface area contributed by atoms with Gasteiger partial charge in [0.2, 0.25) is 0 Å². The minimum Gasteiger partial charge on any atom is -0.452 e. The number of sulfone groups is 1. The first kappa shape index (κ1) is 20.6. The van der Waals surface area contributed by atoms with Crippen LogP contribution in [-0.4, -0.2) is 45.1 Å². The summed E-state index contributed by atoms with van der Waals surface area (Å²) in [6.45, 7) is 3.14. The lowest BCUT2D eigenvalue weighted by molar-refractivity contribution is -0.135. The van der Waals surface area contributed by atoms with E-state index in [4.69, 9.17) is 4.74 Å². The number of aryl methyl sites for hydroxylation is 1. The molecule has 2 rings (SSSR count). The maximum absolute atomic E-state index is 12.4. The van der Waals surface area contributed by atoms with E-state index in [0.717, 1.165) is 11.8 Å². The molecule has 0 radical (unpaired) electrons. The number of amides is 1. The van der Waals surface area contributed by atoms with E-state index in [1.807, 2.05) is 37.3 Å². The van der Waals surface area contributed by atoms with Crippen LogP contribution in [-0.2, 0) is 19.4 Å². The fourth-order valence-electron chi connectivity index (χ4n) is 2.53. The van der Waals surface area contributed by atoms with Crippen molar-refractivity contribution in [2.45, 2.75) is 24.8 Å². The first-order valence-electron chi connectivity index (χ1n) is 8.39. The predicted octanol–water partition coefficient (Wildman–Crippen LogP) is 2.77. The Morgan fingerprint density at radius 1 is 1.11 bits per heavy atom. The van der Waals surface area contributed by atoms with Crippen LogP contribution in [0.2, 0.25) is 0 Å². The molecule has 0 fully saturated rings. The Hall–Kier alpha value is -2.67. The molecule has 0 N–H and O–H groups in total. The number of hydrogen-bond donors (Lipinski definition) is 0. The van der Waals surface area contributed by atoms with Crippen LogP contribution in [0.15, 0.2) is 53.4 Å². The van der Waals surface area contributed by atoms with Gasteiger partial charge in [-0.1, -0.05) is 36.4 Å². The Morgan fingerprint density at radius 3 is 2.33 bits per heavy atom. The lowest BCUT2D eigenvalue weighted by atomic mass is 10.1. The number of likely N-dealkylation sites (N-methyl/N-ethyl adjacent to an activating group) is 1. The normalized spacial score (nSPS) is 12.3. The second-order valence-corrected chi connectivity index (χ2v) is 8.43. The molecule has 0 heterocycles. The monoisotopic (exact) mass is 389 g/mol. The average Bonchev–Trinajstić information content (AvgIpc) is 2.64. The van der Waals surface area contributed by atoms with Gasteiger partial charge in [0, 0.05) is 13.3 Å². The van der Waals surface area contributed by atoms with Gasteiger partial charge in [0.1, 0.15) is 0 Å². The van der Waals surface area contributed by atoms with E-state index in [1.165, 1.54) is 17.0 Å². The fraction of sp³-hybridized carbons (Fsp3) is 0.300. The minimum absolute atomic E-state index is 0.0289. The van der Waals surface area contributed by atoms with Crippen LogP contribution in [0, 0.1) is 6.92 Å². The van der Waals surface area contributed by atoms with Gasteiger partial charge in [-0.25, -0.2) is 13.2 Å². The molecule has 0 spiro atoms. The summed E-state index contributed by atoms with van der Waals surface area (Å²) in [4.78, 5) is 26.2. The van der Waals surface area contributed by atoms with E-state index >= 15 is 0 Å². The third kappa shape index (κ3) is 5.17.